The van der Waals surface area contributed by atoms with Crippen molar-refractivity contribution in [2.24, 2.45) is 11.7 Å². The van der Waals surface area contributed by atoms with E-state index in [1.165, 1.54) is 24.0 Å². The van der Waals surface area contributed by atoms with Crippen LogP contribution in [0.5, 0.6) is 0 Å². The van der Waals surface area contributed by atoms with Gasteiger partial charge in [0.1, 0.15) is 0 Å². The van der Waals surface area contributed by atoms with Gasteiger partial charge in [-0.1, -0.05) is 24.3 Å². The predicted octanol–water partition coefficient (Wildman–Crippen LogP) is 2.38. The molecule has 0 aromatic heterocycles. The van der Waals surface area contributed by atoms with Crippen molar-refractivity contribution >= 4 is 0 Å². The third-order valence-electron chi connectivity index (χ3n) is 3.66. The molecule has 1 fully saturated rings. The molecule has 0 saturated heterocycles. The van der Waals surface area contributed by atoms with Gasteiger partial charge in [0.05, 0.1) is 0 Å². The van der Waals surface area contributed by atoms with Crippen molar-refractivity contribution in [3.8, 4) is 0 Å². The van der Waals surface area contributed by atoms with E-state index < -0.39 is 0 Å². The van der Waals surface area contributed by atoms with Gasteiger partial charge < -0.3 is 5.73 Å². The lowest BCUT2D eigenvalue weighted by Gasteiger charge is -2.24. The molecule has 0 amide bonds. The largest absolute Gasteiger partial charge is 0.326 e. The molecule has 0 heterocycles. The highest BCUT2D eigenvalue weighted by molar-refractivity contribution is 5.23. The summed E-state index contributed by atoms with van der Waals surface area (Å²) in [4.78, 5) is 2.45. The number of hydrogen-bond acceptors (Lipinski definition) is 2. The van der Waals surface area contributed by atoms with Crippen molar-refractivity contribution in [2.45, 2.75) is 38.9 Å². The molecule has 88 valence electrons. The van der Waals surface area contributed by atoms with Crippen LogP contribution in [0.3, 0.4) is 0 Å². The number of rotatable bonds is 5. The van der Waals surface area contributed by atoms with E-state index in [1.54, 1.807) is 0 Å². The fourth-order valence-corrected chi connectivity index (χ4v) is 2.23. The summed E-state index contributed by atoms with van der Waals surface area (Å²) in [6.45, 7) is 4.01. The lowest BCUT2D eigenvalue weighted by molar-refractivity contribution is 0.226. The first-order valence-electron chi connectivity index (χ1n) is 6.19. The van der Waals surface area contributed by atoms with Crippen molar-refractivity contribution in [3.05, 3.63) is 35.4 Å². The maximum Gasteiger partial charge on any atom is 0.0233 e. The SMILES string of the molecule is CC(C1CC1)N(C)Cc1cccc(CN)c1. The highest BCUT2D eigenvalue weighted by Gasteiger charge is 2.30. The summed E-state index contributed by atoms with van der Waals surface area (Å²) < 4.78 is 0. The van der Waals surface area contributed by atoms with Crippen molar-refractivity contribution < 1.29 is 0 Å². The van der Waals surface area contributed by atoms with Crippen molar-refractivity contribution in [1.29, 1.82) is 0 Å². The van der Waals surface area contributed by atoms with Crippen LogP contribution < -0.4 is 5.73 Å². The highest BCUT2D eigenvalue weighted by atomic mass is 15.1. The Bertz CT molecular complexity index is 344. The minimum Gasteiger partial charge on any atom is -0.326 e. The number of nitrogens with zero attached hydrogens (tertiary/aromatic N) is 1. The van der Waals surface area contributed by atoms with Gasteiger partial charge in [-0.3, -0.25) is 4.90 Å². The van der Waals surface area contributed by atoms with Gasteiger partial charge in [-0.15, -0.1) is 0 Å². The summed E-state index contributed by atoms with van der Waals surface area (Å²) in [5, 5.41) is 0. The standard InChI is InChI=1S/C14H22N2/c1-11(14-6-7-14)16(2)10-13-5-3-4-12(8-13)9-15/h3-5,8,11,14H,6-7,9-10,15H2,1-2H3. The average Bonchev–Trinajstić information content (AvgIpc) is 3.12. The summed E-state index contributed by atoms with van der Waals surface area (Å²) in [5.74, 6) is 0.933. The van der Waals surface area contributed by atoms with Gasteiger partial charge in [-0.2, -0.15) is 0 Å². The normalized spacial score (nSPS) is 17.8. The molecule has 1 aliphatic rings. The number of hydrogen-bond donors (Lipinski definition) is 1. The van der Waals surface area contributed by atoms with E-state index in [0.717, 1.165) is 12.5 Å². The zero-order chi connectivity index (χ0) is 11.5. The second-order valence-electron chi connectivity index (χ2n) is 5.02. The van der Waals surface area contributed by atoms with Gasteiger partial charge in [0.2, 0.25) is 0 Å². The lowest BCUT2D eigenvalue weighted by Crippen LogP contribution is -2.30. The fourth-order valence-electron chi connectivity index (χ4n) is 2.23. The topological polar surface area (TPSA) is 29.3 Å². The molecule has 1 atom stereocenters. The Morgan fingerprint density at radius 2 is 2.06 bits per heavy atom. The summed E-state index contributed by atoms with van der Waals surface area (Å²) in [5.41, 5.74) is 8.25. The zero-order valence-corrected chi connectivity index (χ0v) is 10.3. The quantitative estimate of drug-likeness (QED) is 0.822. The predicted molar refractivity (Wildman–Crippen MR) is 68.0 cm³/mol. The van der Waals surface area contributed by atoms with Crippen molar-refractivity contribution in [1.82, 2.24) is 4.90 Å². The zero-order valence-electron chi connectivity index (χ0n) is 10.3. The molecule has 0 spiro atoms. The average molecular weight is 218 g/mol. The number of benzene rings is 1. The molecule has 1 aromatic rings. The molecule has 1 aromatic carbocycles. The van der Waals surface area contributed by atoms with E-state index in [-0.39, 0.29) is 0 Å². The smallest absolute Gasteiger partial charge is 0.0233 e. The van der Waals surface area contributed by atoms with Crippen molar-refractivity contribution in [2.75, 3.05) is 7.05 Å². The van der Waals surface area contributed by atoms with E-state index in [9.17, 15) is 0 Å². The van der Waals surface area contributed by atoms with E-state index >= 15 is 0 Å². The second-order valence-corrected chi connectivity index (χ2v) is 5.02. The van der Waals surface area contributed by atoms with E-state index in [1.807, 2.05) is 0 Å². The van der Waals surface area contributed by atoms with Gasteiger partial charge in [-0.25, -0.2) is 0 Å². The number of nitrogens with two attached hydrogens (primary N) is 1. The van der Waals surface area contributed by atoms with E-state index in [0.29, 0.717) is 12.6 Å². The van der Waals surface area contributed by atoms with Crippen molar-refractivity contribution in [3.63, 3.8) is 0 Å². The Kier molecular flexibility index (Phi) is 3.62. The summed E-state index contributed by atoms with van der Waals surface area (Å²) in [6, 6.07) is 9.31. The van der Waals surface area contributed by atoms with E-state index in [2.05, 4.69) is 43.1 Å². The van der Waals surface area contributed by atoms with Crippen LogP contribution in [0.25, 0.3) is 0 Å². The Hall–Kier alpha value is -0.860. The monoisotopic (exact) mass is 218 g/mol. The first kappa shape index (κ1) is 11.6. The molecule has 16 heavy (non-hydrogen) atoms. The fraction of sp³-hybridized carbons (Fsp3) is 0.571. The first-order chi connectivity index (χ1) is 7.70. The molecule has 1 aliphatic carbocycles. The molecule has 2 heteroatoms. The molecule has 2 rings (SSSR count). The first-order valence-corrected chi connectivity index (χ1v) is 6.19. The van der Waals surface area contributed by atoms with Crippen LogP contribution in [0.2, 0.25) is 0 Å². The molecular formula is C14H22N2. The minimum absolute atomic E-state index is 0.635. The Balaban J connectivity index is 1.96. The minimum atomic E-state index is 0.635. The summed E-state index contributed by atoms with van der Waals surface area (Å²) >= 11 is 0. The van der Waals surface area contributed by atoms with Gasteiger partial charge in [0.25, 0.3) is 0 Å². The molecule has 0 bridgehead atoms. The van der Waals surface area contributed by atoms with Crippen LogP contribution in [0, 0.1) is 5.92 Å². The highest BCUT2D eigenvalue weighted by Crippen LogP contribution is 2.35. The van der Waals surface area contributed by atoms with Gasteiger partial charge in [0, 0.05) is 19.1 Å². The van der Waals surface area contributed by atoms with Gasteiger partial charge in [-0.05, 0) is 43.9 Å². The van der Waals surface area contributed by atoms with Crippen LogP contribution >= 0.6 is 0 Å². The van der Waals surface area contributed by atoms with Crippen LogP contribution in [0.15, 0.2) is 24.3 Å². The molecule has 2 N–H and O–H groups in total. The second kappa shape index (κ2) is 4.98. The maximum atomic E-state index is 5.65. The molecular weight excluding hydrogens is 196 g/mol. The Morgan fingerprint density at radius 3 is 2.69 bits per heavy atom. The maximum absolute atomic E-state index is 5.65. The summed E-state index contributed by atoms with van der Waals surface area (Å²) in [7, 11) is 2.22. The van der Waals surface area contributed by atoms with Crippen LogP contribution in [0.1, 0.15) is 30.9 Å². The molecule has 0 aliphatic heterocycles. The summed E-state index contributed by atoms with van der Waals surface area (Å²) in [6.07, 6.45) is 2.82. The molecule has 1 saturated carbocycles. The Labute approximate surface area is 98.4 Å². The molecule has 0 radical (unpaired) electrons. The molecule has 2 nitrogen and oxygen atoms in total. The van der Waals surface area contributed by atoms with E-state index in [4.69, 9.17) is 5.73 Å². The lowest BCUT2D eigenvalue weighted by atomic mass is 10.1. The van der Waals surface area contributed by atoms with Gasteiger partial charge >= 0.3 is 0 Å². The third-order valence-corrected chi connectivity index (χ3v) is 3.66. The van der Waals surface area contributed by atoms with Crippen LogP contribution in [0.4, 0.5) is 0 Å². The van der Waals surface area contributed by atoms with Crippen LogP contribution in [-0.4, -0.2) is 18.0 Å². The molecule has 1 unspecified atom stereocenters. The van der Waals surface area contributed by atoms with Crippen LogP contribution in [-0.2, 0) is 13.1 Å². The Morgan fingerprint density at radius 1 is 1.38 bits per heavy atom. The third kappa shape index (κ3) is 2.83. The van der Waals surface area contributed by atoms with Gasteiger partial charge in [0.15, 0.2) is 0 Å².